The maximum atomic E-state index is 10.9. The van der Waals surface area contributed by atoms with Gasteiger partial charge in [-0.1, -0.05) is 29.8 Å². The highest BCUT2D eigenvalue weighted by molar-refractivity contribution is 6.33. The first-order valence-electron chi connectivity index (χ1n) is 6.52. The molecule has 4 N–H and O–H groups in total. The van der Waals surface area contributed by atoms with Crippen LogP contribution < -0.4 is 5.73 Å². The summed E-state index contributed by atoms with van der Waals surface area (Å²) in [4.78, 5) is 10.9. The Morgan fingerprint density at radius 1 is 1.24 bits per heavy atom. The third-order valence-corrected chi connectivity index (χ3v) is 3.65. The zero-order chi connectivity index (χ0) is 15.4. The van der Waals surface area contributed by atoms with Crippen LogP contribution in [-0.4, -0.2) is 22.7 Å². The first-order valence-corrected chi connectivity index (χ1v) is 6.89. The van der Waals surface area contributed by atoms with Gasteiger partial charge in [-0.3, -0.25) is 4.79 Å². The minimum atomic E-state index is -0.890. The van der Waals surface area contributed by atoms with Gasteiger partial charge in [0.25, 0.3) is 0 Å². The standard InChI is InChI=1S/C16H16ClNO3/c17-15-5-4-10(12(9-18)8-16(20)21)7-14(15)11-2-1-3-13(19)6-11/h1-7,12,19H,8-9,18H2,(H,20,21)/t12-/m0/s1. The molecule has 0 bridgehead atoms. The minimum Gasteiger partial charge on any atom is -0.508 e. The van der Waals surface area contributed by atoms with Crippen molar-refractivity contribution in [1.82, 2.24) is 0 Å². The number of hydrogen-bond acceptors (Lipinski definition) is 3. The molecule has 0 aromatic heterocycles. The number of aliphatic carboxylic acids is 1. The van der Waals surface area contributed by atoms with E-state index < -0.39 is 5.97 Å². The van der Waals surface area contributed by atoms with Gasteiger partial charge >= 0.3 is 5.97 Å². The number of carbonyl (C=O) groups is 1. The number of phenolic OH excluding ortho intramolecular Hbond substituents is 1. The fourth-order valence-corrected chi connectivity index (χ4v) is 2.47. The van der Waals surface area contributed by atoms with Crippen LogP contribution in [0.2, 0.25) is 5.02 Å². The van der Waals surface area contributed by atoms with Crippen LogP contribution in [0.15, 0.2) is 42.5 Å². The van der Waals surface area contributed by atoms with Crippen molar-refractivity contribution in [3.63, 3.8) is 0 Å². The van der Waals surface area contributed by atoms with Crippen LogP contribution in [0.25, 0.3) is 11.1 Å². The summed E-state index contributed by atoms with van der Waals surface area (Å²) < 4.78 is 0. The van der Waals surface area contributed by atoms with Gasteiger partial charge in [-0.2, -0.15) is 0 Å². The van der Waals surface area contributed by atoms with E-state index in [2.05, 4.69) is 0 Å². The van der Waals surface area contributed by atoms with Gasteiger partial charge in [-0.15, -0.1) is 0 Å². The molecule has 4 nitrogen and oxygen atoms in total. The van der Waals surface area contributed by atoms with Crippen LogP contribution in [0.5, 0.6) is 5.75 Å². The number of halogens is 1. The van der Waals surface area contributed by atoms with Crippen LogP contribution in [-0.2, 0) is 4.79 Å². The van der Waals surface area contributed by atoms with E-state index in [9.17, 15) is 9.90 Å². The number of nitrogens with two attached hydrogens (primary N) is 1. The molecule has 0 aliphatic carbocycles. The molecule has 0 unspecified atom stereocenters. The summed E-state index contributed by atoms with van der Waals surface area (Å²) in [6, 6.07) is 12.1. The average Bonchev–Trinajstić information content (AvgIpc) is 2.45. The van der Waals surface area contributed by atoms with Crippen molar-refractivity contribution in [1.29, 1.82) is 0 Å². The highest BCUT2D eigenvalue weighted by atomic mass is 35.5. The summed E-state index contributed by atoms with van der Waals surface area (Å²) in [6.07, 6.45) is -0.0301. The molecule has 0 amide bonds. The van der Waals surface area contributed by atoms with Gasteiger partial charge in [0.05, 0.1) is 6.42 Å². The van der Waals surface area contributed by atoms with Gasteiger partial charge in [0.1, 0.15) is 5.75 Å². The molecule has 0 heterocycles. The zero-order valence-corrected chi connectivity index (χ0v) is 12.0. The van der Waals surface area contributed by atoms with Crippen molar-refractivity contribution in [2.24, 2.45) is 5.73 Å². The Morgan fingerprint density at radius 2 is 2.00 bits per heavy atom. The number of aromatic hydroxyl groups is 1. The van der Waals surface area contributed by atoms with E-state index in [1.54, 1.807) is 30.3 Å². The Balaban J connectivity index is 2.43. The highest BCUT2D eigenvalue weighted by Gasteiger charge is 2.16. The van der Waals surface area contributed by atoms with Crippen molar-refractivity contribution in [3.05, 3.63) is 53.1 Å². The maximum Gasteiger partial charge on any atom is 0.304 e. The maximum absolute atomic E-state index is 10.9. The molecule has 21 heavy (non-hydrogen) atoms. The molecule has 2 rings (SSSR count). The van der Waals surface area contributed by atoms with Gasteiger partial charge in [0.2, 0.25) is 0 Å². The summed E-state index contributed by atoms with van der Waals surface area (Å²) in [6.45, 7) is 0.243. The van der Waals surface area contributed by atoms with Crippen molar-refractivity contribution in [2.75, 3.05) is 6.54 Å². The van der Waals surface area contributed by atoms with E-state index >= 15 is 0 Å². The SMILES string of the molecule is NC[C@H](CC(=O)O)c1ccc(Cl)c(-c2cccc(O)c2)c1. The molecule has 0 aliphatic rings. The first kappa shape index (κ1) is 15.4. The average molecular weight is 306 g/mol. The third kappa shape index (κ3) is 3.74. The molecular formula is C16H16ClNO3. The van der Waals surface area contributed by atoms with Crippen LogP contribution in [0.1, 0.15) is 17.9 Å². The highest BCUT2D eigenvalue weighted by Crippen LogP contribution is 2.33. The van der Waals surface area contributed by atoms with Crippen LogP contribution >= 0.6 is 11.6 Å². The summed E-state index contributed by atoms with van der Waals surface area (Å²) in [5.41, 5.74) is 8.01. The summed E-state index contributed by atoms with van der Waals surface area (Å²) in [5, 5.41) is 19.0. The Hall–Kier alpha value is -2.04. The Labute approximate surface area is 127 Å². The number of benzene rings is 2. The lowest BCUT2D eigenvalue weighted by Gasteiger charge is -2.15. The molecular weight excluding hydrogens is 290 g/mol. The summed E-state index contributed by atoms with van der Waals surface area (Å²) in [5.74, 6) is -1.01. The number of hydrogen-bond donors (Lipinski definition) is 3. The van der Waals surface area contributed by atoms with Gasteiger partial charge in [-0.25, -0.2) is 0 Å². The van der Waals surface area contributed by atoms with Gasteiger partial charge in [-0.05, 0) is 41.9 Å². The monoisotopic (exact) mass is 305 g/mol. The predicted molar refractivity (Wildman–Crippen MR) is 82.6 cm³/mol. The molecule has 110 valence electrons. The van der Waals surface area contributed by atoms with Crippen LogP contribution in [0, 0.1) is 0 Å². The topological polar surface area (TPSA) is 83.6 Å². The van der Waals surface area contributed by atoms with E-state index in [-0.39, 0.29) is 24.6 Å². The Kier molecular flexibility index (Phi) is 4.83. The number of carboxylic acids is 1. The lowest BCUT2D eigenvalue weighted by Crippen LogP contribution is -2.16. The van der Waals surface area contributed by atoms with Gasteiger partial charge in [0, 0.05) is 16.5 Å². The predicted octanol–water partition coefficient (Wildman–Crippen LogP) is 3.23. The Morgan fingerprint density at radius 3 is 2.62 bits per heavy atom. The van der Waals surface area contributed by atoms with Crippen molar-refractivity contribution >= 4 is 17.6 Å². The molecule has 0 fully saturated rings. The van der Waals surface area contributed by atoms with E-state index in [0.717, 1.165) is 16.7 Å². The first-order chi connectivity index (χ1) is 10.0. The van der Waals surface area contributed by atoms with Crippen LogP contribution in [0.3, 0.4) is 0 Å². The molecule has 0 radical (unpaired) electrons. The van der Waals surface area contributed by atoms with E-state index in [0.29, 0.717) is 5.02 Å². The molecule has 0 aliphatic heterocycles. The second-order valence-corrected chi connectivity index (χ2v) is 5.23. The molecule has 2 aromatic rings. The van der Waals surface area contributed by atoms with Gasteiger partial charge in [0.15, 0.2) is 0 Å². The van der Waals surface area contributed by atoms with Crippen molar-refractivity contribution < 1.29 is 15.0 Å². The largest absolute Gasteiger partial charge is 0.508 e. The molecule has 0 saturated carbocycles. The third-order valence-electron chi connectivity index (χ3n) is 3.32. The van der Waals surface area contributed by atoms with Gasteiger partial charge < -0.3 is 15.9 Å². The second kappa shape index (κ2) is 6.61. The Bertz CT molecular complexity index is 658. The van der Waals surface area contributed by atoms with Crippen LogP contribution in [0.4, 0.5) is 0 Å². The molecule has 1 atom stereocenters. The summed E-state index contributed by atoms with van der Waals surface area (Å²) >= 11 is 6.21. The van der Waals surface area contributed by atoms with E-state index in [1.165, 1.54) is 0 Å². The lowest BCUT2D eigenvalue weighted by atomic mass is 9.92. The molecule has 0 saturated heterocycles. The fraction of sp³-hybridized carbons (Fsp3) is 0.188. The van der Waals surface area contributed by atoms with Crippen molar-refractivity contribution in [2.45, 2.75) is 12.3 Å². The number of phenols is 1. The molecule has 5 heteroatoms. The second-order valence-electron chi connectivity index (χ2n) is 4.82. The number of rotatable bonds is 5. The van der Waals surface area contributed by atoms with E-state index in [4.69, 9.17) is 22.4 Å². The quantitative estimate of drug-likeness (QED) is 0.792. The zero-order valence-electron chi connectivity index (χ0n) is 11.3. The normalized spacial score (nSPS) is 12.1. The number of carboxylic acid groups (broad SMARTS) is 1. The summed E-state index contributed by atoms with van der Waals surface area (Å²) in [7, 11) is 0. The minimum absolute atomic E-state index is 0.0301. The van der Waals surface area contributed by atoms with Crippen molar-refractivity contribution in [3.8, 4) is 16.9 Å². The molecule has 2 aromatic carbocycles. The van der Waals surface area contributed by atoms with E-state index in [1.807, 2.05) is 12.1 Å². The smallest absolute Gasteiger partial charge is 0.304 e. The lowest BCUT2D eigenvalue weighted by molar-refractivity contribution is -0.137. The molecule has 0 spiro atoms. The fourth-order valence-electron chi connectivity index (χ4n) is 2.24.